The monoisotopic (exact) mass is 294 g/mol. The van der Waals surface area contributed by atoms with E-state index < -0.39 is 11.2 Å². The molecule has 108 valence electrons. The summed E-state index contributed by atoms with van der Waals surface area (Å²) in [5.74, 6) is 0.168. The minimum atomic E-state index is -0.489. The number of nitrogens with one attached hydrogen (secondary N) is 2. The Hall–Kier alpha value is -2.02. The van der Waals surface area contributed by atoms with Gasteiger partial charge in [0, 0.05) is 16.3 Å². The minimum absolute atomic E-state index is 0.0556. The predicted molar refractivity (Wildman–Crippen MR) is 82.5 cm³/mol. The SMILES string of the molecule is CCn1c(N)c(NC(C)c2ccc(C)s2)c(=O)[nH]c1=O. The average Bonchev–Trinajstić information content (AvgIpc) is 2.81. The van der Waals surface area contributed by atoms with Crippen LogP contribution < -0.4 is 22.3 Å². The largest absolute Gasteiger partial charge is 0.383 e. The van der Waals surface area contributed by atoms with Crippen molar-refractivity contribution in [1.29, 1.82) is 0 Å². The van der Waals surface area contributed by atoms with E-state index in [0.717, 1.165) is 4.88 Å². The van der Waals surface area contributed by atoms with E-state index in [1.807, 2.05) is 26.0 Å². The third-order valence-corrected chi connectivity index (χ3v) is 4.29. The van der Waals surface area contributed by atoms with Gasteiger partial charge in [-0.3, -0.25) is 14.3 Å². The molecule has 2 aromatic rings. The van der Waals surface area contributed by atoms with Crippen LogP contribution in [0.5, 0.6) is 0 Å². The van der Waals surface area contributed by atoms with Crippen molar-refractivity contribution in [2.75, 3.05) is 11.1 Å². The molecule has 7 heteroatoms. The number of nitrogens with zero attached hydrogens (tertiary/aromatic N) is 1. The van der Waals surface area contributed by atoms with Crippen molar-refractivity contribution in [2.45, 2.75) is 33.4 Å². The van der Waals surface area contributed by atoms with Gasteiger partial charge in [-0.05, 0) is 32.9 Å². The fraction of sp³-hybridized carbons (Fsp3) is 0.385. The van der Waals surface area contributed by atoms with E-state index in [2.05, 4.69) is 10.3 Å². The summed E-state index contributed by atoms with van der Waals surface area (Å²) < 4.78 is 1.33. The maximum absolute atomic E-state index is 11.9. The number of nitrogen functional groups attached to an aromatic ring is 1. The Labute approximate surface area is 120 Å². The molecule has 0 amide bonds. The molecule has 0 aliphatic heterocycles. The lowest BCUT2D eigenvalue weighted by molar-refractivity contribution is 0.704. The van der Waals surface area contributed by atoms with E-state index in [-0.39, 0.29) is 17.5 Å². The summed E-state index contributed by atoms with van der Waals surface area (Å²) in [5, 5.41) is 3.09. The molecule has 0 saturated heterocycles. The van der Waals surface area contributed by atoms with Gasteiger partial charge in [-0.25, -0.2) is 4.79 Å². The summed E-state index contributed by atoms with van der Waals surface area (Å²) in [6.45, 7) is 6.18. The lowest BCUT2D eigenvalue weighted by Crippen LogP contribution is -2.34. The number of anilines is 2. The van der Waals surface area contributed by atoms with Gasteiger partial charge < -0.3 is 11.1 Å². The van der Waals surface area contributed by atoms with Crippen molar-refractivity contribution >= 4 is 22.8 Å². The second kappa shape index (κ2) is 5.54. The number of aromatic amines is 1. The van der Waals surface area contributed by atoms with Crippen LogP contribution in [0.4, 0.5) is 11.5 Å². The maximum atomic E-state index is 11.9. The molecule has 2 aromatic heterocycles. The van der Waals surface area contributed by atoms with Crippen molar-refractivity contribution in [3.63, 3.8) is 0 Å². The zero-order chi connectivity index (χ0) is 14.9. The Balaban J connectivity index is 2.39. The van der Waals surface area contributed by atoms with Crippen LogP contribution in [0.3, 0.4) is 0 Å². The molecule has 20 heavy (non-hydrogen) atoms. The van der Waals surface area contributed by atoms with Gasteiger partial charge in [0.15, 0.2) is 0 Å². The van der Waals surface area contributed by atoms with Crippen LogP contribution in [0, 0.1) is 6.92 Å². The van der Waals surface area contributed by atoms with Crippen molar-refractivity contribution < 1.29 is 0 Å². The van der Waals surface area contributed by atoms with Gasteiger partial charge in [-0.15, -0.1) is 11.3 Å². The smallest absolute Gasteiger partial charge is 0.330 e. The Morgan fingerprint density at radius 2 is 2.15 bits per heavy atom. The molecule has 4 N–H and O–H groups in total. The summed E-state index contributed by atoms with van der Waals surface area (Å²) in [6.07, 6.45) is 0. The number of hydrogen-bond donors (Lipinski definition) is 3. The van der Waals surface area contributed by atoms with E-state index in [0.29, 0.717) is 6.54 Å². The van der Waals surface area contributed by atoms with Crippen LogP contribution in [-0.4, -0.2) is 9.55 Å². The number of H-pyrrole nitrogens is 1. The molecule has 6 nitrogen and oxygen atoms in total. The van der Waals surface area contributed by atoms with Crippen molar-refractivity contribution in [1.82, 2.24) is 9.55 Å². The first-order valence-corrected chi connectivity index (χ1v) is 7.21. The van der Waals surface area contributed by atoms with E-state index >= 15 is 0 Å². The molecule has 0 saturated carbocycles. The van der Waals surface area contributed by atoms with Crippen molar-refractivity contribution in [2.24, 2.45) is 0 Å². The molecular weight excluding hydrogens is 276 g/mol. The molecule has 1 atom stereocenters. The van der Waals surface area contributed by atoms with E-state index in [4.69, 9.17) is 5.73 Å². The molecular formula is C13H18N4O2S. The molecule has 0 radical (unpaired) electrons. The highest BCUT2D eigenvalue weighted by molar-refractivity contribution is 7.12. The second-order valence-corrected chi connectivity index (χ2v) is 5.90. The van der Waals surface area contributed by atoms with Crippen LogP contribution in [0.25, 0.3) is 0 Å². The normalized spacial score (nSPS) is 12.3. The number of aryl methyl sites for hydroxylation is 1. The molecule has 0 aliphatic carbocycles. The number of thiophene rings is 1. The van der Waals surface area contributed by atoms with E-state index in [1.54, 1.807) is 18.3 Å². The fourth-order valence-corrected chi connectivity index (χ4v) is 2.89. The van der Waals surface area contributed by atoms with Gasteiger partial charge in [0.05, 0.1) is 6.04 Å². The van der Waals surface area contributed by atoms with Crippen molar-refractivity contribution in [3.05, 3.63) is 42.7 Å². The minimum Gasteiger partial charge on any atom is -0.383 e. The van der Waals surface area contributed by atoms with Gasteiger partial charge >= 0.3 is 5.69 Å². The fourth-order valence-electron chi connectivity index (χ4n) is 2.02. The van der Waals surface area contributed by atoms with Gasteiger partial charge in [-0.1, -0.05) is 0 Å². The van der Waals surface area contributed by atoms with Gasteiger partial charge in [0.1, 0.15) is 11.5 Å². The van der Waals surface area contributed by atoms with Crippen LogP contribution in [0.15, 0.2) is 21.7 Å². The molecule has 0 fully saturated rings. The molecule has 0 spiro atoms. The quantitative estimate of drug-likeness (QED) is 0.800. The first-order chi connectivity index (χ1) is 9.43. The zero-order valence-corrected chi connectivity index (χ0v) is 12.5. The molecule has 2 heterocycles. The summed E-state index contributed by atoms with van der Waals surface area (Å²) in [4.78, 5) is 28.1. The Bertz CT molecular complexity index is 729. The number of rotatable bonds is 4. The molecule has 2 rings (SSSR count). The van der Waals surface area contributed by atoms with Gasteiger partial charge in [0.25, 0.3) is 5.56 Å². The number of aromatic nitrogens is 2. The van der Waals surface area contributed by atoms with E-state index in [9.17, 15) is 9.59 Å². The molecule has 0 aromatic carbocycles. The molecule has 0 bridgehead atoms. The molecule has 1 unspecified atom stereocenters. The Morgan fingerprint density at radius 1 is 1.45 bits per heavy atom. The maximum Gasteiger partial charge on any atom is 0.330 e. The van der Waals surface area contributed by atoms with E-state index in [1.165, 1.54) is 9.44 Å². The van der Waals surface area contributed by atoms with Crippen molar-refractivity contribution in [3.8, 4) is 0 Å². The third-order valence-electron chi connectivity index (χ3n) is 3.10. The first kappa shape index (κ1) is 14.4. The van der Waals surface area contributed by atoms with Crippen LogP contribution >= 0.6 is 11.3 Å². The van der Waals surface area contributed by atoms with Gasteiger partial charge in [0.2, 0.25) is 0 Å². The van der Waals surface area contributed by atoms with Gasteiger partial charge in [-0.2, -0.15) is 0 Å². The summed E-state index contributed by atoms with van der Waals surface area (Å²) in [5.41, 5.74) is 5.18. The standard InChI is InChI=1S/C13H18N4O2S/c1-4-17-11(14)10(12(18)16-13(17)19)15-8(3)9-6-5-7(2)20-9/h5-6,8,15H,4,14H2,1-3H3,(H,16,18,19). The summed E-state index contributed by atoms with van der Waals surface area (Å²) in [7, 11) is 0. The highest BCUT2D eigenvalue weighted by Gasteiger charge is 2.15. The number of nitrogens with two attached hydrogens (primary N) is 1. The zero-order valence-electron chi connectivity index (χ0n) is 11.7. The third kappa shape index (κ3) is 2.62. The Morgan fingerprint density at radius 3 is 2.70 bits per heavy atom. The predicted octanol–water partition coefficient (Wildman–Crippen LogP) is 1.68. The van der Waals surface area contributed by atoms with Crippen LogP contribution in [0.1, 0.15) is 29.6 Å². The topological polar surface area (TPSA) is 92.9 Å². The summed E-state index contributed by atoms with van der Waals surface area (Å²) >= 11 is 1.66. The lowest BCUT2D eigenvalue weighted by atomic mass is 10.2. The highest BCUT2D eigenvalue weighted by Crippen LogP contribution is 2.26. The second-order valence-electron chi connectivity index (χ2n) is 4.58. The molecule has 0 aliphatic rings. The number of hydrogen-bond acceptors (Lipinski definition) is 5. The van der Waals surface area contributed by atoms with Crippen LogP contribution in [-0.2, 0) is 6.54 Å². The summed E-state index contributed by atoms with van der Waals surface area (Å²) in [6, 6.07) is 3.98. The highest BCUT2D eigenvalue weighted by atomic mass is 32.1. The first-order valence-electron chi connectivity index (χ1n) is 6.39. The average molecular weight is 294 g/mol. The van der Waals surface area contributed by atoms with Crippen LogP contribution in [0.2, 0.25) is 0 Å². The Kier molecular flexibility index (Phi) is 3.99. The lowest BCUT2D eigenvalue weighted by Gasteiger charge is -2.16.